The molecule has 0 spiro atoms. The largest absolute Gasteiger partial charge is 0.356 e. The topological polar surface area (TPSA) is 49.4 Å². The number of hydrogen-bond acceptors (Lipinski definition) is 2. The summed E-state index contributed by atoms with van der Waals surface area (Å²) >= 11 is 3.43. The molecule has 0 heterocycles. The number of unbranched alkanes of at least 4 members (excludes halogenated alkanes) is 1. The van der Waals surface area contributed by atoms with Gasteiger partial charge in [-0.05, 0) is 34.5 Å². The fourth-order valence-corrected chi connectivity index (χ4v) is 2.32. The van der Waals surface area contributed by atoms with Crippen LogP contribution in [0.4, 0.5) is 5.69 Å². The van der Waals surface area contributed by atoms with Crippen LogP contribution in [0.15, 0.2) is 28.7 Å². The van der Waals surface area contributed by atoms with Crippen molar-refractivity contribution in [1.29, 1.82) is 0 Å². The number of nitrogens with zero attached hydrogens (tertiary/aromatic N) is 1. The summed E-state index contributed by atoms with van der Waals surface area (Å²) < 4.78 is 0.849. The Bertz CT molecular complexity index is 463. The van der Waals surface area contributed by atoms with Crippen LogP contribution in [-0.2, 0) is 9.59 Å². The Morgan fingerprint density at radius 3 is 2.60 bits per heavy atom. The van der Waals surface area contributed by atoms with E-state index < -0.39 is 0 Å². The van der Waals surface area contributed by atoms with Crippen LogP contribution in [0.3, 0.4) is 0 Å². The molecule has 0 aliphatic carbocycles. The van der Waals surface area contributed by atoms with E-state index in [0.29, 0.717) is 19.5 Å². The van der Waals surface area contributed by atoms with Gasteiger partial charge in [-0.1, -0.05) is 25.5 Å². The third kappa shape index (κ3) is 5.33. The minimum Gasteiger partial charge on any atom is -0.356 e. The Labute approximate surface area is 128 Å². The summed E-state index contributed by atoms with van der Waals surface area (Å²) in [6, 6.07) is 7.51. The molecule has 0 aliphatic rings. The number of benzene rings is 1. The highest BCUT2D eigenvalue weighted by atomic mass is 79.9. The van der Waals surface area contributed by atoms with Gasteiger partial charge in [-0.3, -0.25) is 9.59 Å². The number of rotatable bonds is 7. The van der Waals surface area contributed by atoms with E-state index in [1.807, 2.05) is 24.3 Å². The van der Waals surface area contributed by atoms with Gasteiger partial charge in [0.25, 0.3) is 0 Å². The SMILES string of the molecule is CCCCNC(=O)CCN(C(C)=O)c1ccccc1Br. The number of nitrogens with one attached hydrogen (secondary N) is 1. The van der Waals surface area contributed by atoms with Gasteiger partial charge in [-0.15, -0.1) is 0 Å². The molecule has 0 aliphatic heterocycles. The minimum atomic E-state index is -0.0711. The Morgan fingerprint density at radius 1 is 1.30 bits per heavy atom. The van der Waals surface area contributed by atoms with Crippen LogP contribution in [0.2, 0.25) is 0 Å². The second kappa shape index (κ2) is 8.74. The molecule has 0 saturated carbocycles. The lowest BCUT2D eigenvalue weighted by molar-refractivity contribution is -0.121. The number of halogens is 1. The lowest BCUT2D eigenvalue weighted by atomic mass is 10.2. The number of hydrogen-bond donors (Lipinski definition) is 1. The summed E-state index contributed by atoms with van der Waals surface area (Å²) in [5.74, 6) is -0.0880. The molecule has 4 nitrogen and oxygen atoms in total. The van der Waals surface area contributed by atoms with E-state index in [4.69, 9.17) is 0 Å². The molecule has 0 radical (unpaired) electrons. The third-order valence-electron chi connectivity index (χ3n) is 2.94. The highest BCUT2D eigenvalue weighted by Crippen LogP contribution is 2.25. The van der Waals surface area contributed by atoms with Crippen molar-refractivity contribution in [3.8, 4) is 0 Å². The van der Waals surface area contributed by atoms with E-state index in [2.05, 4.69) is 28.2 Å². The lowest BCUT2D eigenvalue weighted by Gasteiger charge is -2.22. The van der Waals surface area contributed by atoms with Gasteiger partial charge in [0.15, 0.2) is 0 Å². The number of carbonyl (C=O) groups is 2. The Morgan fingerprint density at radius 2 is 2.00 bits per heavy atom. The fourth-order valence-electron chi connectivity index (χ4n) is 1.82. The van der Waals surface area contributed by atoms with Gasteiger partial charge >= 0.3 is 0 Å². The van der Waals surface area contributed by atoms with E-state index >= 15 is 0 Å². The quantitative estimate of drug-likeness (QED) is 0.775. The summed E-state index contributed by atoms with van der Waals surface area (Å²) in [5.41, 5.74) is 0.793. The summed E-state index contributed by atoms with van der Waals surface area (Å²) in [6.07, 6.45) is 2.34. The molecule has 0 unspecified atom stereocenters. The van der Waals surface area contributed by atoms with E-state index in [0.717, 1.165) is 23.0 Å². The van der Waals surface area contributed by atoms with Crippen molar-refractivity contribution < 1.29 is 9.59 Å². The monoisotopic (exact) mass is 340 g/mol. The zero-order valence-electron chi connectivity index (χ0n) is 12.0. The van der Waals surface area contributed by atoms with Crippen LogP contribution < -0.4 is 10.2 Å². The number of carbonyl (C=O) groups excluding carboxylic acids is 2. The number of anilines is 1. The van der Waals surface area contributed by atoms with E-state index in [1.54, 1.807) is 4.90 Å². The van der Waals surface area contributed by atoms with Crippen LogP contribution in [0, 0.1) is 0 Å². The van der Waals surface area contributed by atoms with Crippen molar-refractivity contribution in [2.45, 2.75) is 33.1 Å². The molecular formula is C15H21BrN2O2. The highest BCUT2D eigenvalue weighted by Gasteiger charge is 2.15. The molecule has 110 valence electrons. The molecule has 1 rings (SSSR count). The fraction of sp³-hybridized carbons (Fsp3) is 0.467. The zero-order chi connectivity index (χ0) is 15.0. The van der Waals surface area contributed by atoms with Crippen LogP contribution in [-0.4, -0.2) is 24.9 Å². The molecule has 1 aromatic carbocycles. The van der Waals surface area contributed by atoms with Crippen LogP contribution in [0.25, 0.3) is 0 Å². The molecule has 5 heteroatoms. The molecule has 2 amide bonds. The van der Waals surface area contributed by atoms with E-state index in [1.165, 1.54) is 6.92 Å². The van der Waals surface area contributed by atoms with E-state index in [-0.39, 0.29) is 11.8 Å². The highest BCUT2D eigenvalue weighted by molar-refractivity contribution is 9.10. The normalized spacial score (nSPS) is 10.2. The number of amides is 2. The first-order valence-corrected chi connectivity index (χ1v) is 7.65. The average molecular weight is 341 g/mol. The summed E-state index contributed by atoms with van der Waals surface area (Å²) in [4.78, 5) is 25.1. The summed E-state index contributed by atoms with van der Waals surface area (Å²) in [5, 5.41) is 2.86. The van der Waals surface area contributed by atoms with E-state index in [9.17, 15) is 9.59 Å². The lowest BCUT2D eigenvalue weighted by Crippen LogP contribution is -2.34. The first kappa shape index (κ1) is 16.7. The van der Waals surface area contributed by atoms with Gasteiger partial charge in [-0.25, -0.2) is 0 Å². The Hall–Kier alpha value is -1.36. The molecule has 0 aromatic heterocycles. The number of para-hydroxylation sites is 1. The van der Waals surface area contributed by atoms with Gasteiger partial charge in [0.1, 0.15) is 0 Å². The molecule has 0 atom stereocenters. The zero-order valence-corrected chi connectivity index (χ0v) is 13.6. The van der Waals surface area contributed by atoms with Gasteiger partial charge in [0, 0.05) is 30.9 Å². The van der Waals surface area contributed by atoms with Gasteiger partial charge in [-0.2, -0.15) is 0 Å². The second-order valence-corrected chi connectivity index (χ2v) is 5.43. The first-order chi connectivity index (χ1) is 9.56. The molecule has 1 aromatic rings. The Kier molecular flexibility index (Phi) is 7.30. The first-order valence-electron chi connectivity index (χ1n) is 6.85. The molecule has 0 bridgehead atoms. The predicted octanol–water partition coefficient (Wildman–Crippen LogP) is 3.11. The van der Waals surface area contributed by atoms with Crippen molar-refractivity contribution in [3.05, 3.63) is 28.7 Å². The molecule has 20 heavy (non-hydrogen) atoms. The standard InChI is InChI=1S/C15H21BrN2O2/c1-3-4-10-17-15(20)9-11-18(12(2)19)14-8-6-5-7-13(14)16/h5-8H,3-4,9-11H2,1-2H3,(H,17,20). The average Bonchev–Trinajstić information content (AvgIpc) is 2.41. The molecule has 0 saturated heterocycles. The van der Waals surface area contributed by atoms with Gasteiger partial charge < -0.3 is 10.2 Å². The molecule has 1 N–H and O–H groups in total. The maximum absolute atomic E-state index is 11.7. The van der Waals surface area contributed by atoms with Crippen molar-refractivity contribution in [2.75, 3.05) is 18.0 Å². The van der Waals surface area contributed by atoms with Crippen LogP contribution in [0.1, 0.15) is 33.1 Å². The molecular weight excluding hydrogens is 320 g/mol. The van der Waals surface area contributed by atoms with Crippen molar-refractivity contribution in [1.82, 2.24) is 5.32 Å². The van der Waals surface area contributed by atoms with Crippen LogP contribution in [0.5, 0.6) is 0 Å². The predicted molar refractivity (Wildman–Crippen MR) is 84.7 cm³/mol. The third-order valence-corrected chi connectivity index (χ3v) is 3.61. The smallest absolute Gasteiger partial charge is 0.223 e. The second-order valence-electron chi connectivity index (χ2n) is 4.58. The maximum atomic E-state index is 11.7. The van der Waals surface area contributed by atoms with Crippen LogP contribution >= 0.6 is 15.9 Å². The summed E-state index contributed by atoms with van der Waals surface area (Å²) in [6.45, 7) is 4.67. The van der Waals surface area contributed by atoms with Crippen molar-refractivity contribution >= 4 is 33.4 Å². The maximum Gasteiger partial charge on any atom is 0.223 e. The van der Waals surface area contributed by atoms with Gasteiger partial charge in [0.2, 0.25) is 11.8 Å². The Balaban J connectivity index is 2.59. The van der Waals surface area contributed by atoms with Crippen molar-refractivity contribution in [3.63, 3.8) is 0 Å². The van der Waals surface area contributed by atoms with Crippen molar-refractivity contribution in [2.24, 2.45) is 0 Å². The minimum absolute atomic E-state index is 0.0169. The summed E-state index contributed by atoms with van der Waals surface area (Å²) in [7, 11) is 0. The molecule has 0 fully saturated rings. The van der Waals surface area contributed by atoms with Gasteiger partial charge in [0.05, 0.1) is 5.69 Å².